The number of ether oxygens (including phenoxy) is 1. The minimum absolute atomic E-state index is 0.255. The van der Waals surface area contributed by atoms with Crippen molar-refractivity contribution >= 4 is 11.6 Å². The second-order valence-electron chi connectivity index (χ2n) is 5.26. The molecule has 1 aromatic heterocycles. The van der Waals surface area contributed by atoms with Crippen LogP contribution in [-0.4, -0.2) is 10.9 Å². The zero-order valence-corrected chi connectivity index (χ0v) is 13.1. The Kier molecular flexibility index (Phi) is 4.43. The molecule has 0 aliphatic rings. The summed E-state index contributed by atoms with van der Waals surface area (Å²) in [6.45, 7) is 1.96. The summed E-state index contributed by atoms with van der Waals surface area (Å²) in [5.41, 5.74) is 1.66. The van der Waals surface area contributed by atoms with Gasteiger partial charge in [0.2, 0.25) is 5.56 Å². The Morgan fingerprint density at radius 2 is 1.67 bits per heavy atom. The molecule has 0 fully saturated rings. The maximum atomic E-state index is 12.3. The Morgan fingerprint density at radius 3 is 2.38 bits per heavy atom. The van der Waals surface area contributed by atoms with Gasteiger partial charge in [-0.05, 0) is 36.8 Å². The van der Waals surface area contributed by atoms with E-state index >= 15 is 0 Å². The molecule has 0 aliphatic heterocycles. The number of hydrogen-bond acceptors (Lipinski definition) is 3. The molecule has 24 heavy (non-hydrogen) atoms. The molecule has 0 atom stereocenters. The van der Waals surface area contributed by atoms with Crippen LogP contribution in [0.3, 0.4) is 0 Å². The molecule has 3 aromatic rings. The van der Waals surface area contributed by atoms with Crippen molar-refractivity contribution in [3.8, 4) is 11.5 Å². The first-order chi connectivity index (χ1) is 11.6. The number of para-hydroxylation sites is 3. The highest BCUT2D eigenvalue weighted by molar-refractivity contribution is 6.04. The van der Waals surface area contributed by atoms with Crippen molar-refractivity contribution < 1.29 is 9.53 Å². The molecule has 2 aromatic carbocycles. The number of anilines is 1. The van der Waals surface area contributed by atoms with Crippen LogP contribution in [0.25, 0.3) is 0 Å². The number of aromatic amines is 1. The predicted octanol–water partition coefficient (Wildman–Crippen LogP) is 3.73. The van der Waals surface area contributed by atoms with Gasteiger partial charge in [0, 0.05) is 12.3 Å². The number of aromatic nitrogens is 1. The van der Waals surface area contributed by atoms with Crippen LogP contribution in [0, 0.1) is 6.92 Å². The minimum atomic E-state index is -0.327. The molecule has 0 aliphatic carbocycles. The number of amides is 1. The fraction of sp³-hybridized carbons (Fsp3) is 0.0526. The van der Waals surface area contributed by atoms with E-state index < -0.39 is 0 Å². The monoisotopic (exact) mass is 320 g/mol. The summed E-state index contributed by atoms with van der Waals surface area (Å²) in [5.74, 6) is 0.944. The van der Waals surface area contributed by atoms with E-state index in [9.17, 15) is 9.59 Å². The van der Waals surface area contributed by atoms with Crippen LogP contribution in [0.5, 0.6) is 11.5 Å². The molecule has 0 unspecified atom stereocenters. The predicted molar refractivity (Wildman–Crippen MR) is 92.7 cm³/mol. The van der Waals surface area contributed by atoms with E-state index in [0.29, 0.717) is 17.0 Å². The van der Waals surface area contributed by atoms with Gasteiger partial charge >= 0.3 is 0 Å². The Hall–Kier alpha value is -3.34. The summed E-state index contributed by atoms with van der Waals surface area (Å²) in [4.78, 5) is 25.9. The first-order valence-electron chi connectivity index (χ1n) is 7.46. The van der Waals surface area contributed by atoms with Crippen molar-refractivity contribution in [3.63, 3.8) is 0 Å². The van der Waals surface area contributed by atoms with Crippen LogP contribution < -0.4 is 15.6 Å². The quantitative estimate of drug-likeness (QED) is 0.769. The Morgan fingerprint density at radius 1 is 0.958 bits per heavy atom. The molecule has 5 nitrogen and oxygen atoms in total. The van der Waals surface area contributed by atoms with Crippen LogP contribution in [0.2, 0.25) is 0 Å². The van der Waals surface area contributed by atoms with Gasteiger partial charge in [-0.1, -0.05) is 30.3 Å². The summed E-state index contributed by atoms with van der Waals surface area (Å²) >= 11 is 0. The first-order valence-corrected chi connectivity index (χ1v) is 7.46. The van der Waals surface area contributed by atoms with Crippen LogP contribution in [0.1, 0.15) is 15.9 Å². The van der Waals surface area contributed by atoms with E-state index in [0.717, 1.165) is 11.3 Å². The Balaban J connectivity index is 1.84. The molecule has 0 radical (unpaired) electrons. The number of carbonyl (C=O) groups is 1. The molecular formula is C19H16N2O3. The van der Waals surface area contributed by atoms with Crippen LogP contribution >= 0.6 is 0 Å². The average molecular weight is 320 g/mol. The third-order valence-corrected chi connectivity index (χ3v) is 3.50. The summed E-state index contributed by atoms with van der Waals surface area (Å²) in [5, 5.41) is 2.80. The fourth-order valence-corrected chi connectivity index (χ4v) is 2.19. The lowest BCUT2D eigenvalue weighted by atomic mass is 10.2. The van der Waals surface area contributed by atoms with Gasteiger partial charge < -0.3 is 15.0 Å². The molecule has 2 N–H and O–H groups in total. The van der Waals surface area contributed by atoms with Crippen LogP contribution in [0.4, 0.5) is 5.69 Å². The van der Waals surface area contributed by atoms with Crippen molar-refractivity contribution in [2.24, 2.45) is 0 Å². The highest BCUT2D eigenvalue weighted by atomic mass is 16.5. The number of aryl methyl sites for hydroxylation is 1. The third kappa shape index (κ3) is 3.52. The van der Waals surface area contributed by atoms with Crippen molar-refractivity contribution in [1.29, 1.82) is 0 Å². The summed E-state index contributed by atoms with van der Waals surface area (Å²) in [6.07, 6.45) is 1.38. The first kappa shape index (κ1) is 15.6. The molecule has 1 heterocycles. The molecule has 5 heteroatoms. The topological polar surface area (TPSA) is 71.2 Å². The number of H-pyrrole nitrogens is 1. The standard InChI is InChI=1S/C19H16N2O3/c1-13-6-2-4-8-16(13)24-17-9-5-3-7-15(17)21-19(23)14-10-11-18(22)20-12-14/h2-12H,1H3,(H,20,22)(H,21,23). The van der Waals surface area contributed by atoms with Gasteiger partial charge in [0.15, 0.2) is 5.75 Å². The Labute approximate surface area is 138 Å². The van der Waals surface area contributed by atoms with Gasteiger partial charge in [-0.3, -0.25) is 9.59 Å². The lowest BCUT2D eigenvalue weighted by Gasteiger charge is -2.13. The molecule has 0 saturated carbocycles. The van der Waals surface area contributed by atoms with Gasteiger partial charge in [0.05, 0.1) is 11.3 Å². The van der Waals surface area contributed by atoms with E-state index in [2.05, 4.69) is 10.3 Å². The summed E-state index contributed by atoms with van der Waals surface area (Å²) < 4.78 is 5.92. The van der Waals surface area contributed by atoms with Gasteiger partial charge in [-0.25, -0.2) is 0 Å². The number of pyridine rings is 1. The number of benzene rings is 2. The van der Waals surface area contributed by atoms with Gasteiger partial charge in [0.1, 0.15) is 5.75 Å². The normalized spacial score (nSPS) is 10.2. The lowest BCUT2D eigenvalue weighted by Crippen LogP contribution is -2.15. The zero-order valence-electron chi connectivity index (χ0n) is 13.1. The van der Waals surface area contributed by atoms with Crippen LogP contribution in [0.15, 0.2) is 71.7 Å². The molecule has 0 bridgehead atoms. The smallest absolute Gasteiger partial charge is 0.257 e. The summed E-state index contributed by atoms with van der Waals surface area (Å²) in [7, 11) is 0. The van der Waals surface area contributed by atoms with Crippen LogP contribution in [-0.2, 0) is 0 Å². The molecule has 120 valence electrons. The van der Waals surface area contributed by atoms with Crippen molar-refractivity contribution in [2.75, 3.05) is 5.32 Å². The van der Waals surface area contributed by atoms with Crippen molar-refractivity contribution in [2.45, 2.75) is 6.92 Å². The minimum Gasteiger partial charge on any atom is -0.455 e. The zero-order chi connectivity index (χ0) is 16.9. The second-order valence-corrected chi connectivity index (χ2v) is 5.26. The number of rotatable bonds is 4. The van der Waals surface area contributed by atoms with Crippen molar-refractivity contribution in [1.82, 2.24) is 4.98 Å². The van der Waals surface area contributed by atoms with E-state index in [1.165, 1.54) is 18.3 Å². The van der Waals surface area contributed by atoms with Gasteiger partial charge in [-0.15, -0.1) is 0 Å². The molecule has 3 rings (SSSR count). The SMILES string of the molecule is Cc1ccccc1Oc1ccccc1NC(=O)c1ccc(=O)[nH]c1. The van der Waals surface area contributed by atoms with Gasteiger partial charge in [0.25, 0.3) is 5.91 Å². The largest absolute Gasteiger partial charge is 0.455 e. The van der Waals surface area contributed by atoms with E-state index in [1.54, 1.807) is 12.1 Å². The highest BCUT2D eigenvalue weighted by Crippen LogP contribution is 2.31. The molecular weight excluding hydrogens is 304 g/mol. The maximum Gasteiger partial charge on any atom is 0.257 e. The van der Waals surface area contributed by atoms with Crippen molar-refractivity contribution in [3.05, 3.63) is 88.3 Å². The van der Waals surface area contributed by atoms with E-state index in [-0.39, 0.29) is 11.5 Å². The number of nitrogens with one attached hydrogen (secondary N) is 2. The Bertz CT molecular complexity index is 911. The van der Waals surface area contributed by atoms with Gasteiger partial charge in [-0.2, -0.15) is 0 Å². The molecule has 0 spiro atoms. The van der Waals surface area contributed by atoms with E-state index in [1.807, 2.05) is 43.3 Å². The molecule has 0 saturated heterocycles. The number of hydrogen-bond donors (Lipinski definition) is 2. The fourth-order valence-electron chi connectivity index (χ4n) is 2.19. The number of carbonyl (C=O) groups excluding carboxylic acids is 1. The third-order valence-electron chi connectivity index (χ3n) is 3.50. The summed E-state index contributed by atoms with van der Waals surface area (Å²) in [6, 6.07) is 17.6. The maximum absolute atomic E-state index is 12.3. The average Bonchev–Trinajstić information content (AvgIpc) is 2.59. The highest BCUT2D eigenvalue weighted by Gasteiger charge is 2.11. The second kappa shape index (κ2) is 6.83. The van der Waals surface area contributed by atoms with E-state index in [4.69, 9.17) is 4.74 Å². The lowest BCUT2D eigenvalue weighted by molar-refractivity contribution is 0.102. The molecule has 1 amide bonds.